The van der Waals surface area contributed by atoms with Crippen molar-refractivity contribution in [1.29, 1.82) is 0 Å². The molecule has 4 rings (SSSR count). The zero-order chi connectivity index (χ0) is 16.5. The molecule has 0 unspecified atom stereocenters. The van der Waals surface area contributed by atoms with Gasteiger partial charge < -0.3 is 4.90 Å². The molecule has 3 aliphatic rings. The standard InChI is InChI=1S/C17H23N5O2/c23-15-13-4-1-2-5-14(13)16(24)22(15)12-20-8-10-21(11-9-20)17-18-6-3-7-19-17/h3,6-7,13-14H,1-2,4-5,8-12H2/t13-,14-/m0/s1. The molecule has 24 heavy (non-hydrogen) atoms. The monoisotopic (exact) mass is 329 g/mol. The summed E-state index contributed by atoms with van der Waals surface area (Å²) in [6, 6.07) is 1.81. The van der Waals surface area contributed by atoms with Gasteiger partial charge in [-0.15, -0.1) is 0 Å². The van der Waals surface area contributed by atoms with E-state index in [2.05, 4.69) is 19.8 Å². The van der Waals surface area contributed by atoms with Crippen LogP contribution in [0, 0.1) is 11.8 Å². The van der Waals surface area contributed by atoms with Gasteiger partial charge in [-0.2, -0.15) is 0 Å². The van der Waals surface area contributed by atoms with Crippen LogP contribution in [0.2, 0.25) is 0 Å². The first-order valence-corrected chi connectivity index (χ1v) is 8.83. The van der Waals surface area contributed by atoms with Crippen LogP contribution >= 0.6 is 0 Å². The minimum atomic E-state index is -0.0507. The van der Waals surface area contributed by atoms with Crippen molar-refractivity contribution in [2.45, 2.75) is 25.7 Å². The van der Waals surface area contributed by atoms with Crippen molar-refractivity contribution >= 4 is 17.8 Å². The number of carbonyl (C=O) groups is 2. The zero-order valence-corrected chi connectivity index (χ0v) is 13.8. The highest BCUT2D eigenvalue weighted by Crippen LogP contribution is 2.38. The quantitative estimate of drug-likeness (QED) is 0.762. The smallest absolute Gasteiger partial charge is 0.234 e. The Bertz CT molecular complexity index is 591. The van der Waals surface area contributed by atoms with Crippen LogP contribution in [-0.2, 0) is 9.59 Å². The maximum Gasteiger partial charge on any atom is 0.234 e. The summed E-state index contributed by atoms with van der Waals surface area (Å²) >= 11 is 0. The molecule has 1 aliphatic carbocycles. The maximum absolute atomic E-state index is 12.6. The van der Waals surface area contributed by atoms with Crippen LogP contribution in [0.4, 0.5) is 5.95 Å². The molecule has 0 radical (unpaired) electrons. The molecule has 7 nitrogen and oxygen atoms in total. The maximum atomic E-state index is 12.6. The van der Waals surface area contributed by atoms with Crippen molar-refractivity contribution in [2.24, 2.45) is 11.8 Å². The Hall–Kier alpha value is -2.02. The number of carbonyl (C=O) groups excluding carboxylic acids is 2. The third-order valence-electron chi connectivity index (χ3n) is 5.48. The summed E-state index contributed by atoms with van der Waals surface area (Å²) in [5.41, 5.74) is 0. The molecule has 3 heterocycles. The largest absolute Gasteiger partial charge is 0.338 e. The lowest BCUT2D eigenvalue weighted by Crippen LogP contribution is -2.51. The summed E-state index contributed by atoms with van der Waals surface area (Å²) in [6.45, 7) is 3.68. The van der Waals surface area contributed by atoms with Crippen LogP contribution in [-0.4, -0.2) is 64.4 Å². The van der Waals surface area contributed by atoms with E-state index in [4.69, 9.17) is 0 Å². The van der Waals surface area contributed by atoms with E-state index in [1.54, 1.807) is 12.4 Å². The number of anilines is 1. The van der Waals surface area contributed by atoms with Crippen LogP contribution in [0.25, 0.3) is 0 Å². The van der Waals surface area contributed by atoms with Gasteiger partial charge in [-0.05, 0) is 18.9 Å². The van der Waals surface area contributed by atoms with Crippen LogP contribution in [0.5, 0.6) is 0 Å². The second-order valence-electron chi connectivity index (χ2n) is 6.90. The number of amides is 2. The number of aromatic nitrogens is 2. The second-order valence-corrected chi connectivity index (χ2v) is 6.90. The zero-order valence-electron chi connectivity index (χ0n) is 13.8. The Morgan fingerprint density at radius 1 is 0.917 bits per heavy atom. The van der Waals surface area contributed by atoms with Gasteiger partial charge in [0.1, 0.15) is 0 Å². The van der Waals surface area contributed by atoms with Crippen molar-refractivity contribution in [3.63, 3.8) is 0 Å². The third kappa shape index (κ3) is 2.77. The lowest BCUT2D eigenvalue weighted by molar-refractivity contribution is -0.142. The minimum Gasteiger partial charge on any atom is -0.338 e. The molecule has 2 saturated heterocycles. The van der Waals surface area contributed by atoms with Gasteiger partial charge >= 0.3 is 0 Å². The van der Waals surface area contributed by atoms with Crippen molar-refractivity contribution < 1.29 is 9.59 Å². The van der Waals surface area contributed by atoms with Gasteiger partial charge in [-0.3, -0.25) is 19.4 Å². The second kappa shape index (κ2) is 6.47. The van der Waals surface area contributed by atoms with E-state index >= 15 is 0 Å². The summed E-state index contributed by atoms with van der Waals surface area (Å²) in [5.74, 6) is 0.754. The van der Waals surface area contributed by atoms with Crippen molar-refractivity contribution in [3.05, 3.63) is 18.5 Å². The Morgan fingerprint density at radius 2 is 1.50 bits per heavy atom. The molecule has 0 aromatic carbocycles. The summed E-state index contributed by atoms with van der Waals surface area (Å²) in [4.78, 5) is 39.5. The van der Waals surface area contributed by atoms with E-state index in [0.717, 1.165) is 57.8 Å². The van der Waals surface area contributed by atoms with Gasteiger partial charge in [0, 0.05) is 38.6 Å². The number of hydrogen-bond acceptors (Lipinski definition) is 6. The van der Waals surface area contributed by atoms with Crippen LogP contribution in [0.1, 0.15) is 25.7 Å². The molecular weight excluding hydrogens is 306 g/mol. The summed E-state index contributed by atoms with van der Waals surface area (Å²) in [5, 5.41) is 0. The molecule has 2 atom stereocenters. The first kappa shape index (κ1) is 15.5. The number of hydrogen-bond donors (Lipinski definition) is 0. The SMILES string of the molecule is O=C1[C@H]2CCCC[C@@H]2C(=O)N1CN1CCN(c2ncccn2)CC1. The molecule has 3 fully saturated rings. The predicted octanol–water partition coefficient (Wildman–Crippen LogP) is 0.731. The highest BCUT2D eigenvalue weighted by molar-refractivity contribution is 6.05. The third-order valence-corrected chi connectivity index (χ3v) is 5.48. The van der Waals surface area contributed by atoms with E-state index < -0.39 is 0 Å². The first-order chi connectivity index (χ1) is 11.7. The van der Waals surface area contributed by atoms with E-state index in [9.17, 15) is 9.59 Å². The Balaban J connectivity index is 1.35. The number of piperazine rings is 1. The number of likely N-dealkylation sites (tertiary alicyclic amines) is 1. The highest BCUT2D eigenvalue weighted by atomic mass is 16.2. The van der Waals surface area contributed by atoms with Crippen molar-refractivity contribution in [2.75, 3.05) is 37.7 Å². The number of rotatable bonds is 3. The average Bonchev–Trinajstić information content (AvgIpc) is 2.88. The van der Waals surface area contributed by atoms with E-state index in [-0.39, 0.29) is 23.7 Å². The molecule has 0 N–H and O–H groups in total. The summed E-state index contributed by atoms with van der Waals surface area (Å²) in [6.07, 6.45) is 7.40. The summed E-state index contributed by atoms with van der Waals surface area (Å²) in [7, 11) is 0. The Morgan fingerprint density at radius 3 is 2.08 bits per heavy atom. The van der Waals surface area contributed by atoms with Crippen LogP contribution in [0.3, 0.4) is 0 Å². The molecule has 1 aromatic heterocycles. The average molecular weight is 329 g/mol. The predicted molar refractivity (Wildman–Crippen MR) is 88.0 cm³/mol. The molecule has 2 amide bonds. The van der Waals surface area contributed by atoms with Crippen LogP contribution < -0.4 is 4.90 Å². The van der Waals surface area contributed by atoms with Crippen molar-refractivity contribution in [3.8, 4) is 0 Å². The van der Waals surface area contributed by atoms with E-state index in [1.807, 2.05) is 6.07 Å². The fraction of sp³-hybridized carbons (Fsp3) is 0.647. The molecule has 0 bridgehead atoms. The Labute approximate surface area is 141 Å². The van der Waals surface area contributed by atoms with Gasteiger partial charge in [0.15, 0.2) is 0 Å². The number of nitrogens with zero attached hydrogens (tertiary/aromatic N) is 5. The fourth-order valence-corrected chi connectivity index (χ4v) is 4.11. The summed E-state index contributed by atoms with van der Waals surface area (Å²) < 4.78 is 0. The van der Waals surface area contributed by atoms with Gasteiger partial charge in [0.25, 0.3) is 0 Å². The first-order valence-electron chi connectivity index (χ1n) is 8.83. The normalized spacial score (nSPS) is 28.3. The molecule has 0 spiro atoms. The lowest BCUT2D eigenvalue weighted by Gasteiger charge is -2.36. The van der Waals surface area contributed by atoms with Crippen LogP contribution in [0.15, 0.2) is 18.5 Å². The van der Waals surface area contributed by atoms with Gasteiger partial charge in [-0.25, -0.2) is 9.97 Å². The fourth-order valence-electron chi connectivity index (χ4n) is 4.11. The molecule has 7 heteroatoms. The number of fused-ring (bicyclic) bond motifs is 1. The van der Waals surface area contributed by atoms with E-state index in [0.29, 0.717) is 6.67 Å². The van der Waals surface area contributed by atoms with Gasteiger partial charge in [0.2, 0.25) is 17.8 Å². The molecule has 2 aliphatic heterocycles. The number of imide groups is 1. The van der Waals surface area contributed by atoms with Gasteiger partial charge in [-0.1, -0.05) is 12.8 Å². The molecule has 128 valence electrons. The Kier molecular flexibility index (Phi) is 4.18. The molecule has 1 aromatic rings. The lowest BCUT2D eigenvalue weighted by atomic mass is 9.81. The van der Waals surface area contributed by atoms with E-state index in [1.165, 1.54) is 4.90 Å². The minimum absolute atomic E-state index is 0.0507. The highest BCUT2D eigenvalue weighted by Gasteiger charge is 2.48. The molecule has 1 saturated carbocycles. The van der Waals surface area contributed by atoms with Gasteiger partial charge in [0.05, 0.1) is 18.5 Å². The van der Waals surface area contributed by atoms with Crippen molar-refractivity contribution in [1.82, 2.24) is 19.8 Å². The topological polar surface area (TPSA) is 69.6 Å². The molecular formula is C17H23N5O2.